The summed E-state index contributed by atoms with van der Waals surface area (Å²) in [5, 5.41) is 18.7. The lowest BCUT2D eigenvalue weighted by molar-refractivity contribution is -0.114. The lowest BCUT2D eigenvalue weighted by Crippen LogP contribution is -2.23. The maximum atomic E-state index is 11.3. The summed E-state index contributed by atoms with van der Waals surface area (Å²) in [5.74, 6) is -0.422. The molecule has 1 atom stereocenters. The number of hydrogen-bond donors (Lipinski definition) is 3. The van der Waals surface area contributed by atoms with Crippen LogP contribution in [-0.4, -0.2) is 28.8 Å². The van der Waals surface area contributed by atoms with E-state index in [-0.39, 0.29) is 13.0 Å². The molecule has 0 fully saturated rings. The Hall–Kier alpha value is -0.870. The highest BCUT2D eigenvalue weighted by Crippen LogP contribution is 2.26. The predicted molar refractivity (Wildman–Crippen MR) is 61.6 cm³/mol. The van der Waals surface area contributed by atoms with E-state index in [0.717, 1.165) is 37.7 Å². The second-order valence-corrected chi connectivity index (χ2v) is 4.31. The summed E-state index contributed by atoms with van der Waals surface area (Å²) in [6.45, 7) is -0.0727. The summed E-state index contributed by atoms with van der Waals surface area (Å²) >= 11 is 0. The van der Waals surface area contributed by atoms with E-state index in [0.29, 0.717) is 12.0 Å². The summed E-state index contributed by atoms with van der Waals surface area (Å²) in [7, 11) is 0. The van der Waals surface area contributed by atoms with Crippen molar-refractivity contribution in [1.29, 1.82) is 0 Å². The van der Waals surface area contributed by atoms with Gasteiger partial charge in [0.05, 0.1) is 6.10 Å². The molecule has 16 heavy (non-hydrogen) atoms. The minimum absolute atomic E-state index is 0.0727. The molecule has 4 nitrogen and oxygen atoms in total. The Morgan fingerprint density at radius 2 is 1.88 bits per heavy atom. The van der Waals surface area contributed by atoms with Gasteiger partial charge in [0.25, 0.3) is 0 Å². The fourth-order valence-electron chi connectivity index (χ4n) is 2.23. The molecular weight excluding hydrogens is 206 g/mol. The average Bonchev–Trinajstić information content (AvgIpc) is 2.16. The fraction of sp³-hybridized carbons (Fsp3) is 0.750. The Morgan fingerprint density at radius 1 is 1.25 bits per heavy atom. The molecule has 1 rings (SSSR count). The molecule has 0 saturated heterocycles. The number of amides is 1. The molecule has 0 aromatic heterocycles. The van der Waals surface area contributed by atoms with Crippen LogP contribution in [0.15, 0.2) is 11.1 Å². The van der Waals surface area contributed by atoms with Gasteiger partial charge in [-0.3, -0.25) is 4.79 Å². The molecule has 0 spiro atoms. The average molecular weight is 227 g/mol. The minimum Gasteiger partial charge on any atom is -0.396 e. The highest BCUT2D eigenvalue weighted by atomic mass is 16.3. The van der Waals surface area contributed by atoms with E-state index < -0.39 is 12.0 Å². The number of primary amides is 1. The van der Waals surface area contributed by atoms with E-state index in [4.69, 9.17) is 10.8 Å². The molecule has 0 aromatic carbocycles. The summed E-state index contributed by atoms with van der Waals surface area (Å²) < 4.78 is 0. The zero-order valence-corrected chi connectivity index (χ0v) is 9.61. The van der Waals surface area contributed by atoms with Crippen LogP contribution >= 0.6 is 0 Å². The Kier molecular flexibility index (Phi) is 5.49. The number of carbonyl (C=O) groups excluding carboxylic acids is 1. The summed E-state index contributed by atoms with van der Waals surface area (Å²) in [6.07, 6.45) is 5.12. The molecule has 4 heteroatoms. The van der Waals surface area contributed by atoms with Crippen molar-refractivity contribution in [3.8, 4) is 0 Å². The molecule has 1 aliphatic rings. The van der Waals surface area contributed by atoms with Crippen molar-refractivity contribution in [2.24, 2.45) is 5.73 Å². The first-order valence-corrected chi connectivity index (χ1v) is 5.97. The molecule has 0 aliphatic heterocycles. The topological polar surface area (TPSA) is 83.6 Å². The van der Waals surface area contributed by atoms with E-state index in [9.17, 15) is 9.90 Å². The van der Waals surface area contributed by atoms with Gasteiger partial charge in [-0.25, -0.2) is 0 Å². The van der Waals surface area contributed by atoms with Gasteiger partial charge in [0.1, 0.15) is 0 Å². The normalized spacial score (nSPS) is 24.6. The van der Waals surface area contributed by atoms with Crippen molar-refractivity contribution in [2.45, 2.75) is 51.0 Å². The number of aliphatic hydroxyl groups is 2. The SMILES string of the molecule is NC(=O)/C1=C(/[C@H](O)CCO)CCCCCC1. The second-order valence-electron chi connectivity index (χ2n) is 4.31. The number of hydrogen-bond acceptors (Lipinski definition) is 3. The number of rotatable bonds is 4. The van der Waals surface area contributed by atoms with E-state index in [1.807, 2.05) is 0 Å². The lowest BCUT2D eigenvalue weighted by Gasteiger charge is -2.20. The third-order valence-electron chi connectivity index (χ3n) is 3.11. The van der Waals surface area contributed by atoms with Gasteiger partial charge in [0.2, 0.25) is 5.91 Å². The monoisotopic (exact) mass is 227 g/mol. The van der Waals surface area contributed by atoms with Crippen LogP contribution in [0.5, 0.6) is 0 Å². The molecule has 1 aliphatic carbocycles. The van der Waals surface area contributed by atoms with Crippen LogP contribution in [0.4, 0.5) is 0 Å². The van der Waals surface area contributed by atoms with Gasteiger partial charge in [0, 0.05) is 18.6 Å². The highest BCUT2D eigenvalue weighted by molar-refractivity contribution is 5.92. The Labute approximate surface area is 96.1 Å². The third-order valence-corrected chi connectivity index (χ3v) is 3.11. The number of nitrogens with two attached hydrogens (primary N) is 1. The van der Waals surface area contributed by atoms with Gasteiger partial charge in [-0.05, 0) is 31.3 Å². The highest BCUT2D eigenvalue weighted by Gasteiger charge is 2.20. The van der Waals surface area contributed by atoms with Crippen LogP contribution in [0, 0.1) is 0 Å². The Balaban J connectivity index is 2.89. The maximum absolute atomic E-state index is 11.3. The van der Waals surface area contributed by atoms with Gasteiger partial charge in [-0.2, -0.15) is 0 Å². The molecule has 0 saturated carbocycles. The molecular formula is C12H21NO3. The van der Waals surface area contributed by atoms with Crippen molar-refractivity contribution in [3.05, 3.63) is 11.1 Å². The van der Waals surface area contributed by atoms with Gasteiger partial charge >= 0.3 is 0 Å². The number of carbonyl (C=O) groups is 1. The summed E-state index contributed by atoms with van der Waals surface area (Å²) in [5.41, 5.74) is 6.68. The first-order chi connectivity index (χ1) is 7.66. The van der Waals surface area contributed by atoms with Crippen molar-refractivity contribution >= 4 is 5.91 Å². The Bertz CT molecular complexity index is 273. The van der Waals surface area contributed by atoms with Crippen LogP contribution < -0.4 is 5.73 Å². The summed E-state index contributed by atoms with van der Waals surface area (Å²) in [6, 6.07) is 0. The van der Waals surface area contributed by atoms with Crippen LogP contribution in [-0.2, 0) is 4.79 Å². The first-order valence-electron chi connectivity index (χ1n) is 5.97. The molecule has 1 amide bonds. The first kappa shape index (κ1) is 13.2. The van der Waals surface area contributed by atoms with Crippen molar-refractivity contribution < 1.29 is 15.0 Å². The zero-order valence-electron chi connectivity index (χ0n) is 9.61. The van der Waals surface area contributed by atoms with Crippen LogP contribution in [0.1, 0.15) is 44.9 Å². The molecule has 0 bridgehead atoms. The van der Waals surface area contributed by atoms with Crippen LogP contribution in [0.2, 0.25) is 0 Å². The van der Waals surface area contributed by atoms with Crippen LogP contribution in [0.25, 0.3) is 0 Å². The summed E-state index contributed by atoms with van der Waals surface area (Å²) in [4.78, 5) is 11.3. The van der Waals surface area contributed by atoms with E-state index in [2.05, 4.69) is 0 Å². The van der Waals surface area contributed by atoms with Crippen LogP contribution in [0.3, 0.4) is 0 Å². The van der Waals surface area contributed by atoms with Gasteiger partial charge in [0.15, 0.2) is 0 Å². The van der Waals surface area contributed by atoms with Gasteiger partial charge < -0.3 is 15.9 Å². The maximum Gasteiger partial charge on any atom is 0.244 e. The smallest absolute Gasteiger partial charge is 0.244 e. The quantitative estimate of drug-likeness (QED) is 0.666. The van der Waals surface area contributed by atoms with E-state index in [1.165, 1.54) is 0 Å². The van der Waals surface area contributed by atoms with Crippen molar-refractivity contribution in [1.82, 2.24) is 0 Å². The molecule has 0 heterocycles. The molecule has 0 aromatic rings. The fourth-order valence-corrected chi connectivity index (χ4v) is 2.23. The lowest BCUT2D eigenvalue weighted by atomic mass is 9.89. The van der Waals surface area contributed by atoms with Gasteiger partial charge in [-0.1, -0.05) is 12.8 Å². The second kappa shape index (κ2) is 6.66. The molecule has 4 N–H and O–H groups in total. The van der Waals surface area contributed by atoms with Gasteiger partial charge in [-0.15, -0.1) is 0 Å². The zero-order chi connectivity index (χ0) is 12.0. The largest absolute Gasteiger partial charge is 0.396 e. The minimum atomic E-state index is -0.717. The molecule has 0 unspecified atom stereocenters. The van der Waals surface area contributed by atoms with E-state index >= 15 is 0 Å². The van der Waals surface area contributed by atoms with E-state index in [1.54, 1.807) is 0 Å². The molecule has 0 radical (unpaired) electrons. The number of aliphatic hydroxyl groups excluding tert-OH is 2. The Morgan fingerprint density at radius 3 is 2.44 bits per heavy atom. The van der Waals surface area contributed by atoms with Crippen molar-refractivity contribution in [2.75, 3.05) is 6.61 Å². The predicted octanol–water partition coefficient (Wildman–Crippen LogP) is 0.866. The third kappa shape index (κ3) is 3.61. The standard InChI is InChI=1S/C12H21NO3/c13-12(16)10-6-4-2-1-3-5-9(10)11(15)7-8-14/h11,14-15H,1-8H2,(H2,13,16)/b10-9+/t11-/m1/s1. The molecule has 92 valence electrons. The van der Waals surface area contributed by atoms with Crippen molar-refractivity contribution in [3.63, 3.8) is 0 Å².